The lowest BCUT2D eigenvalue weighted by atomic mass is 10.2. The molecular weight excluding hydrogens is 365 g/mol. The van der Waals surface area contributed by atoms with E-state index in [9.17, 15) is 18.0 Å². The number of carbonyl (C=O) groups is 1. The number of anilines is 1. The first-order valence-corrected chi connectivity index (χ1v) is 8.43. The molecule has 26 heavy (non-hydrogen) atoms. The average Bonchev–Trinajstić information content (AvgIpc) is 3.04. The minimum Gasteiger partial charge on any atom is -0.433 e. The van der Waals surface area contributed by atoms with E-state index in [4.69, 9.17) is 0 Å². The van der Waals surface area contributed by atoms with Crippen molar-refractivity contribution in [3.8, 4) is 16.3 Å². The van der Waals surface area contributed by atoms with Crippen molar-refractivity contribution in [3.63, 3.8) is 0 Å². The van der Waals surface area contributed by atoms with Gasteiger partial charge in [0.1, 0.15) is 16.6 Å². The van der Waals surface area contributed by atoms with Gasteiger partial charge in [0.15, 0.2) is 0 Å². The molecule has 0 fully saturated rings. The normalized spacial score (nSPS) is 10.8. The van der Waals surface area contributed by atoms with Crippen molar-refractivity contribution >= 4 is 22.9 Å². The molecule has 4 nitrogen and oxygen atoms in total. The number of ether oxygens (including phenoxy) is 1. The van der Waals surface area contributed by atoms with Crippen molar-refractivity contribution in [2.24, 2.45) is 0 Å². The number of alkyl halides is 2. The number of thiazole rings is 1. The lowest BCUT2D eigenvalue weighted by Gasteiger charge is -2.11. The number of amides is 1. The molecule has 3 rings (SSSR count). The van der Waals surface area contributed by atoms with E-state index >= 15 is 0 Å². The van der Waals surface area contributed by atoms with Gasteiger partial charge in [0.05, 0.1) is 17.8 Å². The van der Waals surface area contributed by atoms with E-state index in [-0.39, 0.29) is 23.7 Å². The highest BCUT2D eigenvalue weighted by Crippen LogP contribution is 2.27. The maximum atomic E-state index is 13.3. The first-order chi connectivity index (χ1) is 12.5. The molecule has 0 saturated heterocycles. The van der Waals surface area contributed by atoms with Crippen LogP contribution >= 0.6 is 11.3 Å². The van der Waals surface area contributed by atoms with Crippen molar-refractivity contribution in [1.29, 1.82) is 0 Å². The summed E-state index contributed by atoms with van der Waals surface area (Å²) in [5, 5.41) is 4.82. The minimum absolute atomic E-state index is 0.0468. The van der Waals surface area contributed by atoms with E-state index in [2.05, 4.69) is 15.0 Å². The molecule has 2 aromatic carbocycles. The summed E-state index contributed by atoms with van der Waals surface area (Å²) in [6.07, 6.45) is -0.0468. The molecule has 134 valence electrons. The molecular formula is C18H13F3N2O2S. The molecule has 1 heterocycles. The van der Waals surface area contributed by atoms with Crippen LogP contribution in [0.4, 0.5) is 18.9 Å². The molecule has 0 aliphatic heterocycles. The number of hydrogen-bond donors (Lipinski definition) is 1. The molecule has 0 radical (unpaired) electrons. The Labute approximate surface area is 151 Å². The van der Waals surface area contributed by atoms with E-state index < -0.39 is 12.5 Å². The van der Waals surface area contributed by atoms with E-state index in [0.29, 0.717) is 16.3 Å². The van der Waals surface area contributed by atoms with Crippen LogP contribution in [0, 0.1) is 5.82 Å². The summed E-state index contributed by atoms with van der Waals surface area (Å²) in [6.45, 7) is -2.99. The summed E-state index contributed by atoms with van der Waals surface area (Å²) in [4.78, 5) is 16.5. The zero-order chi connectivity index (χ0) is 18.5. The van der Waals surface area contributed by atoms with E-state index in [1.807, 2.05) is 0 Å². The Bertz CT molecular complexity index is 915. The lowest BCUT2D eigenvalue weighted by Crippen LogP contribution is -2.16. The molecule has 0 bridgehead atoms. The molecule has 3 aromatic rings. The number of hydrogen-bond acceptors (Lipinski definition) is 4. The molecule has 0 spiro atoms. The van der Waals surface area contributed by atoms with Crippen LogP contribution in [-0.2, 0) is 11.2 Å². The average molecular weight is 378 g/mol. The highest BCUT2D eigenvalue weighted by Gasteiger charge is 2.13. The highest BCUT2D eigenvalue weighted by atomic mass is 32.1. The van der Waals surface area contributed by atoms with Gasteiger partial charge in [0, 0.05) is 10.9 Å². The summed E-state index contributed by atoms with van der Waals surface area (Å²) in [7, 11) is 0. The third kappa shape index (κ3) is 4.60. The Morgan fingerprint density at radius 3 is 2.77 bits per heavy atom. The summed E-state index contributed by atoms with van der Waals surface area (Å²) in [5.74, 6) is -0.909. The maximum absolute atomic E-state index is 13.3. The molecule has 1 amide bonds. The third-order valence-corrected chi connectivity index (χ3v) is 4.28. The number of aromatic nitrogens is 1. The number of rotatable bonds is 6. The topological polar surface area (TPSA) is 51.2 Å². The SMILES string of the molecule is O=C(Cc1csc(-c2cccc(F)c2)n1)Nc1ccccc1OC(F)F. The fraction of sp³-hybridized carbons (Fsp3) is 0.111. The van der Waals surface area contributed by atoms with Crippen LogP contribution in [0.25, 0.3) is 10.6 Å². The summed E-state index contributed by atoms with van der Waals surface area (Å²) in [5.41, 5.74) is 1.27. The second-order valence-corrected chi connectivity index (χ2v) is 6.11. The van der Waals surface area contributed by atoms with Crippen molar-refractivity contribution in [2.75, 3.05) is 5.32 Å². The predicted octanol–water partition coefficient (Wildman–Crippen LogP) is 4.73. The molecule has 1 aromatic heterocycles. The Balaban J connectivity index is 1.68. The number of para-hydroxylation sites is 2. The van der Waals surface area contributed by atoms with Crippen molar-refractivity contribution in [1.82, 2.24) is 4.98 Å². The second-order valence-electron chi connectivity index (χ2n) is 5.25. The molecule has 0 aliphatic carbocycles. The molecule has 8 heteroatoms. The number of nitrogens with zero attached hydrogens (tertiary/aromatic N) is 1. The van der Waals surface area contributed by atoms with Gasteiger partial charge in [-0.15, -0.1) is 11.3 Å². The minimum atomic E-state index is -2.99. The molecule has 0 atom stereocenters. The van der Waals surface area contributed by atoms with E-state index in [1.165, 1.54) is 41.7 Å². The van der Waals surface area contributed by atoms with Gasteiger partial charge < -0.3 is 10.1 Å². The first kappa shape index (κ1) is 17.9. The molecule has 1 N–H and O–H groups in total. The monoisotopic (exact) mass is 378 g/mol. The van der Waals surface area contributed by atoms with Crippen LogP contribution in [-0.4, -0.2) is 17.5 Å². The van der Waals surface area contributed by atoms with Crippen LogP contribution in [0.5, 0.6) is 5.75 Å². The lowest BCUT2D eigenvalue weighted by molar-refractivity contribution is -0.115. The van der Waals surface area contributed by atoms with Gasteiger partial charge in [-0.25, -0.2) is 9.37 Å². The van der Waals surface area contributed by atoms with Crippen LogP contribution < -0.4 is 10.1 Å². The van der Waals surface area contributed by atoms with E-state index in [1.54, 1.807) is 23.6 Å². The fourth-order valence-electron chi connectivity index (χ4n) is 2.27. The summed E-state index contributed by atoms with van der Waals surface area (Å²) >= 11 is 1.29. The van der Waals surface area contributed by atoms with Crippen LogP contribution in [0.3, 0.4) is 0 Å². The Morgan fingerprint density at radius 1 is 1.19 bits per heavy atom. The summed E-state index contributed by atoms with van der Waals surface area (Å²) < 4.78 is 42.5. The third-order valence-electron chi connectivity index (χ3n) is 3.34. The molecule has 0 unspecified atom stereocenters. The maximum Gasteiger partial charge on any atom is 0.387 e. The Hall–Kier alpha value is -2.87. The number of halogens is 3. The van der Waals surface area contributed by atoms with Gasteiger partial charge in [-0.3, -0.25) is 4.79 Å². The first-order valence-electron chi connectivity index (χ1n) is 7.55. The van der Waals surface area contributed by atoms with Gasteiger partial charge in [-0.1, -0.05) is 24.3 Å². The van der Waals surface area contributed by atoms with E-state index in [0.717, 1.165) is 0 Å². The predicted molar refractivity (Wildman–Crippen MR) is 92.9 cm³/mol. The van der Waals surface area contributed by atoms with Crippen molar-refractivity contribution in [3.05, 3.63) is 65.4 Å². The van der Waals surface area contributed by atoms with Crippen LogP contribution in [0.2, 0.25) is 0 Å². The fourth-order valence-corrected chi connectivity index (χ4v) is 3.09. The molecule has 0 aliphatic rings. The van der Waals surface area contributed by atoms with Crippen molar-refractivity contribution in [2.45, 2.75) is 13.0 Å². The van der Waals surface area contributed by atoms with Gasteiger partial charge >= 0.3 is 6.61 Å². The Kier molecular flexibility index (Phi) is 5.52. The quantitative estimate of drug-likeness (QED) is 0.675. The number of nitrogens with one attached hydrogen (secondary N) is 1. The zero-order valence-electron chi connectivity index (χ0n) is 13.3. The number of benzene rings is 2. The number of carbonyl (C=O) groups excluding carboxylic acids is 1. The second kappa shape index (κ2) is 8.01. The smallest absolute Gasteiger partial charge is 0.387 e. The molecule has 0 saturated carbocycles. The largest absolute Gasteiger partial charge is 0.433 e. The standard InChI is InChI=1S/C18H13F3N2O2S/c19-12-5-3-4-11(8-12)17-22-13(10-26-17)9-16(24)23-14-6-1-2-7-15(14)25-18(20)21/h1-8,10,18H,9H2,(H,23,24). The van der Waals surface area contributed by atoms with Crippen molar-refractivity contribution < 1.29 is 22.7 Å². The van der Waals surface area contributed by atoms with Gasteiger partial charge in [-0.05, 0) is 24.3 Å². The zero-order valence-corrected chi connectivity index (χ0v) is 14.1. The van der Waals surface area contributed by atoms with Gasteiger partial charge in [0.25, 0.3) is 0 Å². The van der Waals surface area contributed by atoms with Crippen LogP contribution in [0.1, 0.15) is 5.69 Å². The summed E-state index contributed by atoms with van der Waals surface area (Å²) in [6, 6.07) is 11.9. The van der Waals surface area contributed by atoms with Crippen LogP contribution in [0.15, 0.2) is 53.9 Å². The van der Waals surface area contributed by atoms with Gasteiger partial charge in [-0.2, -0.15) is 8.78 Å². The van der Waals surface area contributed by atoms with Gasteiger partial charge in [0.2, 0.25) is 5.91 Å². The highest BCUT2D eigenvalue weighted by molar-refractivity contribution is 7.13. The Morgan fingerprint density at radius 2 is 2.00 bits per heavy atom.